The zero-order valence-electron chi connectivity index (χ0n) is 21.7. The highest BCUT2D eigenvalue weighted by Crippen LogP contribution is 2.47. The van der Waals surface area contributed by atoms with Crippen LogP contribution in [0.3, 0.4) is 0 Å². The van der Waals surface area contributed by atoms with Crippen molar-refractivity contribution >= 4 is 38.6 Å². The molecule has 0 aromatic heterocycles. The van der Waals surface area contributed by atoms with Crippen molar-refractivity contribution in [2.75, 3.05) is 35.2 Å². The molecule has 5 heteroatoms. The molecule has 0 aliphatic heterocycles. The van der Waals surface area contributed by atoms with E-state index in [1.54, 1.807) is 0 Å². The van der Waals surface area contributed by atoms with Crippen LogP contribution in [0.25, 0.3) is 0 Å². The Labute approximate surface area is 200 Å². The van der Waals surface area contributed by atoms with Crippen molar-refractivity contribution in [2.45, 2.75) is 78.0 Å². The van der Waals surface area contributed by atoms with E-state index < -0.39 is 0 Å². The monoisotopic (exact) mass is 473 g/mol. The molecule has 0 amide bonds. The topological polar surface area (TPSA) is 27.3 Å². The van der Waals surface area contributed by atoms with Crippen molar-refractivity contribution in [1.82, 2.24) is 0 Å². The fraction of sp³-hybridized carbons (Fsp3) is 0.556. The summed E-state index contributed by atoms with van der Waals surface area (Å²) in [5.41, 5.74) is 7.77. The Morgan fingerprint density at radius 2 is 0.906 bits per heavy atom. The van der Waals surface area contributed by atoms with Crippen LogP contribution in [0.1, 0.15) is 55.4 Å². The molecule has 2 N–H and O–H groups in total. The maximum Gasteiger partial charge on any atom is 0.0644 e. The zero-order valence-corrected chi connectivity index (χ0v) is 23.5. The van der Waals surface area contributed by atoms with Crippen LogP contribution in [-0.2, 0) is 0 Å². The number of rotatable bonds is 12. The second-order valence-electron chi connectivity index (χ2n) is 9.67. The summed E-state index contributed by atoms with van der Waals surface area (Å²) < 4.78 is 0. The summed E-state index contributed by atoms with van der Waals surface area (Å²) in [6.45, 7) is 18.9. The van der Waals surface area contributed by atoms with E-state index in [1.807, 2.05) is 0 Å². The molecule has 0 saturated heterocycles. The lowest BCUT2D eigenvalue weighted by Gasteiger charge is -2.30. The molecule has 3 nitrogen and oxygen atoms in total. The smallest absolute Gasteiger partial charge is 0.0644 e. The van der Waals surface area contributed by atoms with Gasteiger partial charge in [-0.05, 0) is 46.9 Å². The molecule has 178 valence electrons. The highest BCUT2D eigenvalue weighted by atomic mass is 31.1. The summed E-state index contributed by atoms with van der Waals surface area (Å²) >= 11 is 0. The van der Waals surface area contributed by atoms with Crippen LogP contribution in [0.15, 0.2) is 48.5 Å². The van der Waals surface area contributed by atoms with E-state index in [9.17, 15) is 0 Å². The van der Waals surface area contributed by atoms with E-state index in [-0.39, 0.29) is 15.8 Å². The standard InChI is InChI=1S/C27H45N3P2/c1-20(2)31(21(3)4)18-28-24-14-10-12-16-26(24)30(9)27-17-13-11-15-25(27)29-19-32(22(5)6)23(7)8/h10-17,20-23,28-29H,18-19H2,1-9H3. The number of para-hydroxylation sites is 4. The molecule has 0 unspecified atom stereocenters. The quantitative estimate of drug-likeness (QED) is 0.302. The molecule has 0 heterocycles. The molecule has 0 saturated carbocycles. The maximum absolute atomic E-state index is 3.80. The van der Waals surface area contributed by atoms with Gasteiger partial charge in [-0.15, -0.1) is 0 Å². The Hall–Kier alpha value is -1.30. The van der Waals surface area contributed by atoms with Gasteiger partial charge in [0.1, 0.15) is 0 Å². The van der Waals surface area contributed by atoms with E-state index in [4.69, 9.17) is 0 Å². The van der Waals surface area contributed by atoms with Gasteiger partial charge in [0, 0.05) is 19.6 Å². The molecule has 0 bridgehead atoms. The Morgan fingerprint density at radius 3 is 1.22 bits per heavy atom. The normalized spacial score (nSPS) is 12.0. The first-order chi connectivity index (χ1) is 15.1. The number of nitrogens with zero attached hydrogens (tertiary/aromatic N) is 1. The molecule has 2 aromatic rings. The van der Waals surface area contributed by atoms with E-state index >= 15 is 0 Å². The number of nitrogens with one attached hydrogen (secondary N) is 2. The Balaban J connectivity index is 2.24. The van der Waals surface area contributed by atoms with Crippen molar-refractivity contribution in [3.63, 3.8) is 0 Å². The van der Waals surface area contributed by atoms with Crippen LogP contribution in [0.4, 0.5) is 22.7 Å². The fourth-order valence-corrected chi connectivity index (χ4v) is 8.79. The summed E-state index contributed by atoms with van der Waals surface area (Å²) in [6, 6.07) is 17.4. The zero-order chi connectivity index (χ0) is 23.8. The van der Waals surface area contributed by atoms with Gasteiger partial charge >= 0.3 is 0 Å². The van der Waals surface area contributed by atoms with Crippen LogP contribution >= 0.6 is 15.8 Å². The van der Waals surface area contributed by atoms with Crippen LogP contribution in [0.2, 0.25) is 0 Å². The predicted molar refractivity (Wildman–Crippen MR) is 152 cm³/mol. The third-order valence-corrected chi connectivity index (χ3v) is 12.4. The van der Waals surface area contributed by atoms with Crippen LogP contribution in [-0.4, -0.2) is 42.3 Å². The second kappa shape index (κ2) is 12.8. The second-order valence-corrected chi connectivity index (χ2v) is 16.5. The first-order valence-corrected chi connectivity index (χ1v) is 15.4. The highest BCUT2D eigenvalue weighted by Gasteiger charge is 2.19. The molecule has 2 rings (SSSR count). The van der Waals surface area contributed by atoms with Crippen molar-refractivity contribution in [1.29, 1.82) is 0 Å². The van der Waals surface area contributed by atoms with Gasteiger partial charge in [-0.3, -0.25) is 0 Å². The Bertz CT molecular complexity index is 737. The Kier molecular flexibility index (Phi) is 10.8. The summed E-state index contributed by atoms with van der Waals surface area (Å²) in [4.78, 5) is 2.32. The number of anilines is 4. The first-order valence-electron chi connectivity index (χ1n) is 12.0. The van der Waals surface area contributed by atoms with Gasteiger partial charge in [0.2, 0.25) is 0 Å². The lowest BCUT2D eigenvalue weighted by atomic mass is 10.2. The summed E-state index contributed by atoms with van der Waals surface area (Å²) in [5, 5.41) is 7.59. The molecule has 0 aliphatic carbocycles. The van der Waals surface area contributed by atoms with Gasteiger partial charge in [-0.25, -0.2) is 0 Å². The van der Waals surface area contributed by atoms with Gasteiger partial charge in [0.15, 0.2) is 0 Å². The summed E-state index contributed by atoms with van der Waals surface area (Å²) in [6.07, 6.45) is 2.12. The van der Waals surface area contributed by atoms with Gasteiger partial charge in [0.25, 0.3) is 0 Å². The molecular weight excluding hydrogens is 428 g/mol. The Morgan fingerprint density at radius 1 is 0.594 bits per heavy atom. The average molecular weight is 474 g/mol. The van der Waals surface area contributed by atoms with Crippen molar-refractivity contribution in [2.24, 2.45) is 0 Å². The SMILES string of the molecule is CC(C)P(CNc1ccccc1N(C)c1ccccc1NCP(C(C)C)C(C)C)C(C)C. The van der Waals surface area contributed by atoms with Crippen LogP contribution in [0, 0.1) is 0 Å². The van der Waals surface area contributed by atoms with Gasteiger partial charge in [0.05, 0.1) is 22.7 Å². The minimum absolute atomic E-state index is 0.0600. The fourth-order valence-electron chi connectivity index (χ4n) is 4.24. The third-order valence-electron chi connectivity index (χ3n) is 6.09. The maximum atomic E-state index is 3.80. The molecular formula is C27H45N3P2. The first kappa shape index (κ1) is 26.9. The van der Waals surface area contributed by atoms with Crippen LogP contribution in [0.5, 0.6) is 0 Å². The largest absolute Gasteiger partial charge is 0.379 e. The lowest BCUT2D eigenvalue weighted by molar-refractivity contribution is 1.00. The van der Waals surface area contributed by atoms with E-state index in [0.717, 1.165) is 35.2 Å². The predicted octanol–water partition coefficient (Wildman–Crippen LogP) is 8.79. The van der Waals surface area contributed by atoms with E-state index in [1.165, 1.54) is 22.7 Å². The van der Waals surface area contributed by atoms with Crippen LogP contribution < -0.4 is 15.5 Å². The molecule has 0 radical (unpaired) electrons. The van der Waals surface area contributed by atoms with E-state index in [2.05, 4.69) is 127 Å². The molecule has 0 spiro atoms. The minimum Gasteiger partial charge on any atom is -0.379 e. The lowest BCUT2D eigenvalue weighted by Crippen LogP contribution is -2.17. The highest BCUT2D eigenvalue weighted by molar-refractivity contribution is 7.59. The number of benzene rings is 2. The molecule has 2 aromatic carbocycles. The van der Waals surface area contributed by atoms with Gasteiger partial charge in [-0.2, -0.15) is 0 Å². The summed E-state index contributed by atoms with van der Waals surface area (Å²) in [7, 11) is 2.06. The van der Waals surface area contributed by atoms with Gasteiger partial charge in [-0.1, -0.05) is 95.5 Å². The van der Waals surface area contributed by atoms with Crippen molar-refractivity contribution in [3.8, 4) is 0 Å². The number of hydrogen-bond acceptors (Lipinski definition) is 3. The third kappa shape index (κ3) is 7.36. The molecule has 0 atom stereocenters. The van der Waals surface area contributed by atoms with Crippen molar-refractivity contribution < 1.29 is 0 Å². The number of hydrogen-bond donors (Lipinski definition) is 2. The molecule has 32 heavy (non-hydrogen) atoms. The molecule has 0 fully saturated rings. The van der Waals surface area contributed by atoms with E-state index in [0.29, 0.717) is 0 Å². The average Bonchev–Trinajstić information content (AvgIpc) is 2.73. The van der Waals surface area contributed by atoms with Gasteiger partial charge < -0.3 is 15.5 Å². The summed E-state index contributed by atoms with van der Waals surface area (Å²) in [5.74, 6) is 0. The molecule has 0 aliphatic rings. The minimum atomic E-state index is -0.0600. The van der Waals surface area contributed by atoms with Crippen molar-refractivity contribution in [3.05, 3.63) is 48.5 Å².